The Hall–Kier alpha value is -1.67. The summed E-state index contributed by atoms with van der Waals surface area (Å²) in [6.07, 6.45) is -4.76. The van der Waals surface area contributed by atoms with Crippen molar-refractivity contribution >= 4 is 35.0 Å². The molecule has 0 aliphatic carbocycles. The summed E-state index contributed by atoms with van der Waals surface area (Å²) in [5, 5.41) is 4.80. The molecule has 0 heterocycles. The third kappa shape index (κ3) is 7.43. The third-order valence-corrected chi connectivity index (χ3v) is 3.00. The molecule has 23 heavy (non-hydrogen) atoms. The molecule has 1 aromatic rings. The number of carbonyl (C=O) groups is 2. The van der Waals surface area contributed by atoms with Gasteiger partial charge in [0.15, 0.2) is 6.61 Å². The second-order valence-electron chi connectivity index (χ2n) is 4.32. The van der Waals surface area contributed by atoms with Crippen LogP contribution < -0.4 is 15.4 Å². The summed E-state index contributed by atoms with van der Waals surface area (Å²) in [6, 6.07) is 4.51. The van der Waals surface area contributed by atoms with Crippen molar-refractivity contribution in [2.75, 3.05) is 19.7 Å². The molecule has 2 N–H and O–H groups in total. The molecule has 1 aromatic carbocycles. The Morgan fingerprint density at radius 1 is 1.13 bits per heavy atom. The van der Waals surface area contributed by atoms with Gasteiger partial charge in [-0.05, 0) is 24.6 Å². The van der Waals surface area contributed by atoms with Gasteiger partial charge < -0.3 is 15.4 Å². The Labute approximate surface area is 140 Å². The van der Waals surface area contributed by atoms with Gasteiger partial charge in [0.05, 0.1) is 5.02 Å². The van der Waals surface area contributed by atoms with Crippen molar-refractivity contribution < 1.29 is 27.5 Å². The van der Waals surface area contributed by atoms with Crippen LogP contribution >= 0.6 is 23.2 Å². The van der Waals surface area contributed by atoms with Gasteiger partial charge in [-0.1, -0.05) is 23.2 Å². The summed E-state index contributed by atoms with van der Waals surface area (Å²) in [5.41, 5.74) is 0. The van der Waals surface area contributed by atoms with Crippen molar-refractivity contribution in [3.63, 3.8) is 0 Å². The number of amides is 2. The summed E-state index contributed by atoms with van der Waals surface area (Å²) in [7, 11) is 0. The fourth-order valence-corrected chi connectivity index (χ4v) is 1.87. The first-order valence-electron chi connectivity index (χ1n) is 6.39. The average Bonchev–Trinajstić information content (AvgIpc) is 2.44. The zero-order valence-corrected chi connectivity index (χ0v) is 13.2. The first kappa shape index (κ1) is 19.4. The Balaban J connectivity index is 2.19. The van der Waals surface area contributed by atoms with E-state index in [-0.39, 0.29) is 36.9 Å². The van der Waals surface area contributed by atoms with E-state index in [1.165, 1.54) is 12.1 Å². The smallest absolute Gasteiger partial charge is 0.471 e. The minimum Gasteiger partial charge on any atom is -0.482 e. The molecule has 0 aliphatic heterocycles. The van der Waals surface area contributed by atoms with Crippen LogP contribution in [0.1, 0.15) is 6.42 Å². The minimum absolute atomic E-state index is 0.0919. The highest BCUT2D eigenvalue weighted by molar-refractivity contribution is 6.35. The van der Waals surface area contributed by atoms with E-state index in [9.17, 15) is 22.8 Å². The van der Waals surface area contributed by atoms with Crippen LogP contribution in [0.25, 0.3) is 0 Å². The molecule has 0 unspecified atom stereocenters. The number of hydrogen-bond donors (Lipinski definition) is 2. The van der Waals surface area contributed by atoms with Gasteiger partial charge >= 0.3 is 12.1 Å². The van der Waals surface area contributed by atoms with Gasteiger partial charge in [-0.25, -0.2) is 0 Å². The molecule has 0 saturated carbocycles. The fourth-order valence-electron chi connectivity index (χ4n) is 1.40. The first-order valence-corrected chi connectivity index (χ1v) is 7.15. The topological polar surface area (TPSA) is 67.4 Å². The van der Waals surface area contributed by atoms with Gasteiger partial charge in [0.25, 0.3) is 5.91 Å². The van der Waals surface area contributed by atoms with E-state index < -0.39 is 18.0 Å². The second kappa shape index (κ2) is 8.83. The summed E-state index contributed by atoms with van der Waals surface area (Å²) in [4.78, 5) is 22.0. The molecule has 0 atom stereocenters. The Morgan fingerprint density at radius 2 is 1.78 bits per heavy atom. The molecule has 0 spiro atoms. The van der Waals surface area contributed by atoms with Crippen molar-refractivity contribution in [2.24, 2.45) is 0 Å². The van der Waals surface area contributed by atoms with E-state index in [1.54, 1.807) is 11.4 Å². The lowest BCUT2D eigenvalue weighted by molar-refractivity contribution is -0.173. The number of carbonyl (C=O) groups excluding carboxylic acids is 2. The summed E-state index contributed by atoms with van der Waals surface area (Å²) in [5.74, 6) is -2.20. The number of alkyl halides is 3. The van der Waals surface area contributed by atoms with Crippen LogP contribution in [-0.2, 0) is 9.59 Å². The highest BCUT2D eigenvalue weighted by Gasteiger charge is 2.38. The Bertz CT molecular complexity index is 568. The summed E-state index contributed by atoms with van der Waals surface area (Å²) in [6.45, 7) is -0.423. The monoisotopic (exact) mass is 372 g/mol. The number of benzene rings is 1. The molecular weight excluding hydrogens is 360 g/mol. The molecular formula is C13H13Cl2F3N2O3. The lowest BCUT2D eigenvalue weighted by Gasteiger charge is -2.10. The van der Waals surface area contributed by atoms with Gasteiger partial charge in [0.1, 0.15) is 5.75 Å². The van der Waals surface area contributed by atoms with E-state index in [1.807, 2.05) is 0 Å². The van der Waals surface area contributed by atoms with E-state index in [0.29, 0.717) is 5.02 Å². The van der Waals surface area contributed by atoms with Gasteiger partial charge in [-0.3, -0.25) is 9.59 Å². The van der Waals surface area contributed by atoms with Crippen LogP contribution in [0.3, 0.4) is 0 Å². The molecule has 0 aromatic heterocycles. The maximum absolute atomic E-state index is 11.9. The number of hydrogen-bond acceptors (Lipinski definition) is 3. The van der Waals surface area contributed by atoms with Crippen LogP contribution in [0.5, 0.6) is 5.75 Å². The van der Waals surface area contributed by atoms with Crippen molar-refractivity contribution in [3.05, 3.63) is 28.2 Å². The van der Waals surface area contributed by atoms with Gasteiger partial charge in [0, 0.05) is 18.1 Å². The van der Waals surface area contributed by atoms with E-state index >= 15 is 0 Å². The van der Waals surface area contributed by atoms with Gasteiger partial charge in [-0.2, -0.15) is 13.2 Å². The Morgan fingerprint density at radius 3 is 2.39 bits per heavy atom. The molecule has 0 radical (unpaired) electrons. The first-order chi connectivity index (χ1) is 10.7. The van der Waals surface area contributed by atoms with Gasteiger partial charge in [0.2, 0.25) is 0 Å². The van der Waals surface area contributed by atoms with E-state index in [2.05, 4.69) is 5.32 Å². The third-order valence-electron chi connectivity index (χ3n) is 2.47. The SMILES string of the molecule is O=C(COc1ccc(Cl)cc1Cl)NCCCNC(=O)C(F)(F)F. The Kier molecular flexibility index (Phi) is 7.44. The number of ether oxygens (including phenoxy) is 1. The van der Waals surface area contributed by atoms with E-state index in [4.69, 9.17) is 27.9 Å². The second-order valence-corrected chi connectivity index (χ2v) is 5.16. The van der Waals surface area contributed by atoms with Gasteiger partial charge in [-0.15, -0.1) is 0 Å². The molecule has 10 heteroatoms. The molecule has 5 nitrogen and oxygen atoms in total. The van der Waals surface area contributed by atoms with Crippen molar-refractivity contribution in [3.8, 4) is 5.75 Å². The lowest BCUT2D eigenvalue weighted by atomic mass is 10.3. The fraction of sp³-hybridized carbons (Fsp3) is 0.385. The lowest BCUT2D eigenvalue weighted by Crippen LogP contribution is -2.38. The molecule has 0 aliphatic rings. The number of rotatable bonds is 7. The van der Waals surface area contributed by atoms with Crippen LogP contribution in [0.2, 0.25) is 10.0 Å². The molecule has 0 bridgehead atoms. The summed E-state index contributed by atoms with van der Waals surface area (Å²) < 4.78 is 40.8. The molecule has 1 rings (SSSR count). The summed E-state index contributed by atoms with van der Waals surface area (Å²) >= 11 is 11.6. The number of nitrogens with one attached hydrogen (secondary N) is 2. The van der Waals surface area contributed by atoms with Crippen LogP contribution in [0.4, 0.5) is 13.2 Å². The predicted molar refractivity (Wildman–Crippen MR) is 78.6 cm³/mol. The minimum atomic E-state index is -4.91. The molecule has 0 saturated heterocycles. The van der Waals surface area contributed by atoms with E-state index in [0.717, 1.165) is 0 Å². The molecule has 2 amide bonds. The quantitative estimate of drug-likeness (QED) is 0.722. The van der Waals surface area contributed by atoms with Crippen LogP contribution in [0, 0.1) is 0 Å². The predicted octanol–water partition coefficient (Wildman–Crippen LogP) is 2.56. The highest BCUT2D eigenvalue weighted by atomic mass is 35.5. The van der Waals surface area contributed by atoms with Crippen LogP contribution in [-0.4, -0.2) is 37.7 Å². The largest absolute Gasteiger partial charge is 0.482 e. The highest BCUT2D eigenvalue weighted by Crippen LogP contribution is 2.27. The van der Waals surface area contributed by atoms with Crippen LogP contribution in [0.15, 0.2) is 18.2 Å². The zero-order chi connectivity index (χ0) is 17.5. The average molecular weight is 373 g/mol. The van der Waals surface area contributed by atoms with Crippen molar-refractivity contribution in [1.82, 2.24) is 10.6 Å². The standard InChI is InChI=1S/C13H13Cl2F3N2O3/c14-8-2-3-10(9(15)6-8)23-7-11(21)19-4-1-5-20-12(22)13(16,17)18/h2-3,6H,1,4-5,7H2,(H,19,21)(H,20,22). The zero-order valence-electron chi connectivity index (χ0n) is 11.7. The maximum Gasteiger partial charge on any atom is 0.471 e. The molecule has 128 valence electrons. The number of halogens is 5. The molecule has 0 fully saturated rings. The van der Waals surface area contributed by atoms with Crippen molar-refractivity contribution in [1.29, 1.82) is 0 Å². The normalized spacial score (nSPS) is 11.0. The maximum atomic E-state index is 11.9. The van der Waals surface area contributed by atoms with Crippen molar-refractivity contribution in [2.45, 2.75) is 12.6 Å².